The molecule has 1 N–H and O–H groups in total. The Bertz CT molecular complexity index is 361. The molecule has 15 heavy (non-hydrogen) atoms. The van der Waals surface area contributed by atoms with Crippen molar-refractivity contribution >= 4 is 17.6 Å². The van der Waals surface area contributed by atoms with E-state index in [-0.39, 0.29) is 5.91 Å². The molecule has 0 fully saturated rings. The summed E-state index contributed by atoms with van der Waals surface area (Å²) in [6, 6.07) is 7.90. The Morgan fingerprint density at radius 1 is 1.27 bits per heavy atom. The summed E-state index contributed by atoms with van der Waals surface area (Å²) >= 11 is 0. The van der Waals surface area contributed by atoms with E-state index in [2.05, 4.69) is 0 Å². The van der Waals surface area contributed by atoms with Gasteiger partial charge in [-0.15, -0.1) is 0 Å². The predicted octanol–water partition coefficient (Wildman–Crippen LogP) is 1.51. The molecular formula is C11H13NO3. The first-order valence-corrected chi connectivity index (χ1v) is 4.61. The van der Waals surface area contributed by atoms with Gasteiger partial charge in [-0.2, -0.15) is 0 Å². The first kappa shape index (κ1) is 11.2. The van der Waals surface area contributed by atoms with Crippen molar-refractivity contribution in [3.63, 3.8) is 0 Å². The van der Waals surface area contributed by atoms with Gasteiger partial charge in [0.1, 0.15) is 6.04 Å². The maximum absolute atomic E-state index is 11.4. The Kier molecular flexibility index (Phi) is 3.44. The Morgan fingerprint density at radius 2 is 1.80 bits per heavy atom. The second-order valence-electron chi connectivity index (χ2n) is 3.24. The fourth-order valence-electron chi connectivity index (χ4n) is 1.38. The lowest BCUT2D eigenvalue weighted by molar-refractivity contribution is -0.139. The first-order valence-electron chi connectivity index (χ1n) is 4.61. The molecule has 1 atom stereocenters. The smallest absolute Gasteiger partial charge is 0.326 e. The number of nitrogens with zero attached hydrogens (tertiary/aromatic N) is 1. The number of aliphatic carboxylic acids is 1. The number of amides is 1. The standard InChI is InChI=1S/C11H13NO3/c1-8(11(14)15)12(9(2)13)10-6-4-3-5-7-10/h3-8H,1-2H3,(H,14,15)/t8-/m0/s1. The number of hydrogen-bond acceptors (Lipinski definition) is 2. The lowest BCUT2D eigenvalue weighted by Gasteiger charge is -2.25. The van der Waals surface area contributed by atoms with Gasteiger partial charge in [0.25, 0.3) is 0 Å². The number of carbonyl (C=O) groups is 2. The summed E-state index contributed by atoms with van der Waals surface area (Å²) in [4.78, 5) is 23.4. The van der Waals surface area contributed by atoms with Gasteiger partial charge < -0.3 is 5.11 Å². The van der Waals surface area contributed by atoms with E-state index in [1.54, 1.807) is 24.3 Å². The number of hydrogen-bond donors (Lipinski definition) is 1. The molecule has 0 radical (unpaired) electrons. The van der Waals surface area contributed by atoms with Gasteiger partial charge in [-0.3, -0.25) is 9.69 Å². The van der Waals surface area contributed by atoms with Crippen LogP contribution in [0.4, 0.5) is 5.69 Å². The van der Waals surface area contributed by atoms with Gasteiger partial charge in [-0.05, 0) is 19.1 Å². The molecule has 0 saturated carbocycles. The van der Waals surface area contributed by atoms with Crippen LogP contribution in [-0.2, 0) is 9.59 Å². The third-order valence-electron chi connectivity index (χ3n) is 2.12. The number of anilines is 1. The van der Waals surface area contributed by atoms with E-state index in [1.165, 1.54) is 18.7 Å². The Morgan fingerprint density at radius 3 is 2.20 bits per heavy atom. The summed E-state index contributed by atoms with van der Waals surface area (Å²) in [5.74, 6) is -1.30. The number of para-hydroxylation sites is 1. The van der Waals surface area contributed by atoms with Gasteiger partial charge in [-0.25, -0.2) is 4.79 Å². The van der Waals surface area contributed by atoms with Crippen molar-refractivity contribution < 1.29 is 14.7 Å². The first-order chi connectivity index (χ1) is 7.04. The van der Waals surface area contributed by atoms with Crippen molar-refractivity contribution in [1.29, 1.82) is 0 Å². The van der Waals surface area contributed by atoms with E-state index >= 15 is 0 Å². The highest BCUT2D eigenvalue weighted by Gasteiger charge is 2.23. The number of carboxylic acids is 1. The molecule has 1 amide bonds. The number of carbonyl (C=O) groups excluding carboxylic acids is 1. The van der Waals surface area contributed by atoms with E-state index < -0.39 is 12.0 Å². The van der Waals surface area contributed by atoms with Crippen LogP contribution in [0.1, 0.15) is 13.8 Å². The van der Waals surface area contributed by atoms with E-state index in [1.807, 2.05) is 6.07 Å². The molecule has 4 heteroatoms. The topological polar surface area (TPSA) is 57.6 Å². The molecule has 0 aliphatic rings. The SMILES string of the molecule is CC(=O)N(c1ccccc1)[C@@H](C)C(=O)O. The van der Waals surface area contributed by atoms with Gasteiger partial charge in [-0.1, -0.05) is 18.2 Å². The molecule has 1 rings (SSSR count). The molecule has 0 heterocycles. The van der Waals surface area contributed by atoms with Gasteiger partial charge in [0.15, 0.2) is 0 Å². The molecule has 0 spiro atoms. The fourth-order valence-corrected chi connectivity index (χ4v) is 1.38. The van der Waals surface area contributed by atoms with Crippen molar-refractivity contribution in [3.05, 3.63) is 30.3 Å². The molecule has 1 aromatic rings. The molecule has 0 aromatic heterocycles. The summed E-state index contributed by atoms with van der Waals surface area (Å²) in [7, 11) is 0. The molecule has 0 unspecified atom stereocenters. The minimum Gasteiger partial charge on any atom is -0.480 e. The second kappa shape index (κ2) is 4.59. The van der Waals surface area contributed by atoms with Gasteiger partial charge in [0, 0.05) is 12.6 Å². The van der Waals surface area contributed by atoms with E-state index in [0.717, 1.165) is 0 Å². The minimum atomic E-state index is -1.02. The van der Waals surface area contributed by atoms with Crippen LogP contribution in [0.25, 0.3) is 0 Å². The van der Waals surface area contributed by atoms with Crippen molar-refractivity contribution in [2.24, 2.45) is 0 Å². The van der Waals surface area contributed by atoms with Gasteiger partial charge in [0.05, 0.1) is 0 Å². The second-order valence-corrected chi connectivity index (χ2v) is 3.24. The quantitative estimate of drug-likeness (QED) is 0.817. The van der Waals surface area contributed by atoms with Crippen molar-refractivity contribution in [2.75, 3.05) is 4.90 Å². The normalized spacial score (nSPS) is 11.9. The van der Waals surface area contributed by atoms with Crippen LogP contribution in [0.2, 0.25) is 0 Å². The third kappa shape index (κ3) is 2.56. The average molecular weight is 207 g/mol. The summed E-state index contributed by atoms with van der Waals surface area (Å²) in [5, 5.41) is 8.87. The lowest BCUT2D eigenvalue weighted by Crippen LogP contribution is -2.42. The molecule has 0 saturated heterocycles. The highest BCUT2D eigenvalue weighted by atomic mass is 16.4. The molecule has 0 aliphatic heterocycles. The number of carboxylic acid groups (broad SMARTS) is 1. The molecule has 0 bridgehead atoms. The monoisotopic (exact) mass is 207 g/mol. The predicted molar refractivity (Wildman–Crippen MR) is 56.7 cm³/mol. The van der Waals surface area contributed by atoms with Crippen LogP contribution in [0.5, 0.6) is 0 Å². The zero-order chi connectivity index (χ0) is 11.4. The highest BCUT2D eigenvalue weighted by Crippen LogP contribution is 2.16. The maximum Gasteiger partial charge on any atom is 0.326 e. The molecule has 4 nitrogen and oxygen atoms in total. The van der Waals surface area contributed by atoms with Crippen molar-refractivity contribution in [2.45, 2.75) is 19.9 Å². The number of benzene rings is 1. The number of rotatable bonds is 3. The molecule has 1 aromatic carbocycles. The van der Waals surface area contributed by atoms with Gasteiger partial charge in [0.2, 0.25) is 5.91 Å². The Balaban J connectivity index is 3.04. The average Bonchev–Trinajstić information content (AvgIpc) is 2.18. The zero-order valence-corrected chi connectivity index (χ0v) is 8.68. The summed E-state index contributed by atoms with van der Waals surface area (Å²) in [6.07, 6.45) is 0. The van der Waals surface area contributed by atoms with Crippen LogP contribution in [0.3, 0.4) is 0 Å². The molecule has 80 valence electrons. The van der Waals surface area contributed by atoms with Crippen molar-refractivity contribution in [1.82, 2.24) is 0 Å². The van der Waals surface area contributed by atoms with Crippen molar-refractivity contribution in [3.8, 4) is 0 Å². The largest absolute Gasteiger partial charge is 0.480 e. The maximum atomic E-state index is 11.4. The highest BCUT2D eigenvalue weighted by molar-refractivity contribution is 5.97. The minimum absolute atomic E-state index is 0.281. The van der Waals surface area contributed by atoms with Crippen LogP contribution in [0.15, 0.2) is 30.3 Å². The van der Waals surface area contributed by atoms with Crippen LogP contribution in [-0.4, -0.2) is 23.0 Å². The third-order valence-corrected chi connectivity index (χ3v) is 2.12. The van der Waals surface area contributed by atoms with E-state index in [9.17, 15) is 9.59 Å². The summed E-state index contributed by atoms with van der Waals surface area (Å²) in [6.45, 7) is 2.84. The lowest BCUT2D eigenvalue weighted by atomic mass is 10.2. The summed E-state index contributed by atoms with van der Waals surface area (Å²) < 4.78 is 0. The van der Waals surface area contributed by atoms with E-state index in [0.29, 0.717) is 5.69 Å². The van der Waals surface area contributed by atoms with Crippen LogP contribution < -0.4 is 4.90 Å². The summed E-state index contributed by atoms with van der Waals surface area (Å²) in [5.41, 5.74) is 0.597. The van der Waals surface area contributed by atoms with E-state index in [4.69, 9.17) is 5.11 Å². The fraction of sp³-hybridized carbons (Fsp3) is 0.273. The molecular weight excluding hydrogens is 194 g/mol. The van der Waals surface area contributed by atoms with Crippen LogP contribution >= 0.6 is 0 Å². The van der Waals surface area contributed by atoms with Crippen LogP contribution in [0, 0.1) is 0 Å². The zero-order valence-electron chi connectivity index (χ0n) is 8.68. The molecule has 0 aliphatic carbocycles. The Hall–Kier alpha value is -1.84. The Labute approximate surface area is 88.1 Å². The van der Waals surface area contributed by atoms with Gasteiger partial charge >= 0.3 is 5.97 Å².